The summed E-state index contributed by atoms with van der Waals surface area (Å²) >= 11 is 0. The number of hydrogen-bond acceptors (Lipinski definition) is 6. The molecule has 2 unspecified atom stereocenters. The molecule has 0 N–H and O–H groups in total. The first kappa shape index (κ1) is 24.0. The molecule has 6 heteroatoms. The van der Waals surface area contributed by atoms with Gasteiger partial charge in [-0.3, -0.25) is 19.4 Å². The zero-order valence-corrected chi connectivity index (χ0v) is 19.5. The molecule has 0 radical (unpaired) electrons. The molecule has 1 heterocycles. The van der Waals surface area contributed by atoms with Crippen LogP contribution in [0.3, 0.4) is 0 Å². The molecule has 0 amide bonds. The van der Waals surface area contributed by atoms with E-state index in [1.54, 1.807) is 13.8 Å². The number of esters is 2. The zero-order chi connectivity index (χ0) is 23.1. The Kier molecular flexibility index (Phi) is 8.42. The molecule has 0 aromatic heterocycles. The van der Waals surface area contributed by atoms with Crippen LogP contribution in [0.15, 0.2) is 48.5 Å². The normalized spacial score (nSPS) is 19.5. The van der Waals surface area contributed by atoms with Gasteiger partial charge in [-0.1, -0.05) is 59.7 Å². The van der Waals surface area contributed by atoms with Crippen LogP contribution in [0.2, 0.25) is 0 Å². The molecule has 1 aliphatic heterocycles. The van der Waals surface area contributed by atoms with E-state index >= 15 is 0 Å². The number of benzene rings is 2. The minimum atomic E-state index is -0.727. The molecule has 1 fully saturated rings. The van der Waals surface area contributed by atoms with Crippen molar-refractivity contribution in [1.29, 1.82) is 0 Å². The van der Waals surface area contributed by atoms with E-state index in [1.165, 1.54) is 11.1 Å². The lowest BCUT2D eigenvalue weighted by Gasteiger charge is -2.45. The second kappa shape index (κ2) is 11.2. The summed E-state index contributed by atoms with van der Waals surface area (Å²) in [5.74, 6) is -0.766. The van der Waals surface area contributed by atoms with Gasteiger partial charge in [0.05, 0.1) is 13.2 Å². The fourth-order valence-corrected chi connectivity index (χ4v) is 4.16. The summed E-state index contributed by atoms with van der Waals surface area (Å²) in [4.78, 5) is 30.3. The number of nitrogens with zero attached hydrogens (tertiary/aromatic N) is 2. The van der Waals surface area contributed by atoms with Crippen molar-refractivity contribution in [3.63, 3.8) is 0 Å². The molecule has 0 aliphatic carbocycles. The van der Waals surface area contributed by atoms with Gasteiger partial charge in [-0.2, -0.15) is 0 Å². The van der Waals surface area contributed by atoms with E-state index < -0.39 is 12.1 Å². The lowest BCUT2D eigenvalue weighted by atomic mass is 9.98. The van der Waals surface area contributed by atoms with Gasteiger partial charge in [-0.15, -0.1) is 0 Å². The molecule has 2 aromatic carbocycles. The predicted octanol–water partition coefficient (Wildman–Crippen LogP) is 3.48. The van der Waals surface area contributed by atoms with Crippen molar-refractivity contribution < 1.29 is 19.1 Å². The van der Waals surface area contributed by atoms with Crippen LogP contribution in [-0.4, -0.2) is 60.1 Å². The van der Waals surface area contributed by atoms with Crippen molar-refractivity contribution in [1.82, 2.24) is 9.80 Å². The number of carbonyl (C=O) groups excluding carboxylic acids is 2. The lowest BCUT2D eigenvalue weighted by Crippen LogP contribution is -2.65. The maximum atomic E-state index is 13.1. The zero-order valence-electron chi connectivity index (χ0n) is 19.5. The van der Waals surface area contributed by atoms with E-state index in [0.29, 0.717) is 26.2 Å². The minimum absolute atomic E-state index is 0.265. The Labute approximate surface area is 191 Å². The minimum Gasteiger partial charge on any atom is -0.465 e. The van der Waals surface area contributed by atoms with E-state index in [4.69, 9.17) is 9.47 Å². The third-order valence-corrected chi connectivity index (χ3v) is 5.83. The molecule has 0 spiro atoms. The van der Waals surface area contributed by atoms with E-state index in [1.807, 2.05) is 13.8 Å². The molecule has 32 heavy (non-hydrogen) atoms. The summed E-state index contributed by atoms with van der Waals surface area (Å²) in [6.45, 7) is 10.6. The highest BCUT2D eigenvalue weighted by Crippen LogP contribution is 2.25. The van der Waals surface area contributed by atoms with Gasteiger partial charge in [0.1, 0.15) is 12.1 Å². The first-order valence-electron chi connectivity index (χ1n) is 11.3. The van der Waals surface area contributed by atoms with Crippen LogP contribution in [0.4, 0.5) is 0 Å². The summed E-state index contributed by atoms with van der Waals surface area (Å²) in [5.41, 5.74) is 4.56. The first-order valence-corrected chi connectivity index (χ1v) is 11.3. The van der Waals surface area contributed by atoms with Crippen LogP contribution in [0.1, 0.15) is 36.1 Å². The van der Waals surface area contributed by atoms with Crippen molar-refractivity contribution in [3.8, 4) is 0 Å². The van der Waals surface area contributed by atoms with Crippen molar-refractivity contribution >= 4 is 11.9 Å². The van der Waals surface area contributed by atoms with Crippen LogP contribution >= 0.6 is 0 Å². The standard InChI is InChI=1S/C26H34N2O4/c1-5-31-25(29)23-24(26(30)32-6-2)28(18-22-13-9-20(4)10-14-22)16-15-27(23)17-21-11-7-19(3)8-12-21/h7-14,23-24H,5-6,15-18H2,1-4H3. The van der Waals surface area contributed by atoms with Crippen LogP contribution in [0.5, 0.6) is 0 Å². The van der Waals surface area contributed by atoms with Gasteiger partial charge >= 0.3 is 11.9 Å². The Bertz CT molecular complexity index is 820. The highest BCUT2D eigenvalue weighted by Gasteiger charge is 2.46. The van der Waals surface area contributed by atoms with E-state index in [2.05, 4.69) is 58.3 Å². The molecular formula is C26H34N2O4. The average Bonchev–Trinajstić information content (AvgIpc) is 2.77. The van der Waals surface area contributed by atoms with Crippen molar-refractivity contribution in [2.75, 3.05) is 26.3 Å². The van der Waals surface area contributed by atoms with E-state index in [-0.39, 0.29) is 25.2 Å². The van der Waals surface area contributed by atoms with Crippen molar-refractivity contribution in [2.45, 2.75) is 52.9 Å². The maximum absolute atomic E-state index is 13.1. The number of ether oxygens (including phenoxy) is 2. The Morgan fingerprint density at radius 2 is 1.06 bits per heavy atom. The third kappa shape index (κ3) is 5.96. The average molecular weight is 439 g/mol. The van der Waals surface area contributed by atoms with Gasteiger partial charge in [0.25, 0.3) is 0 Å². The van der Waals surface area contributed by atoms with Gasteiger partial charge in [-0.25, -0.2) is 0 Å². The Morgan fingerprint density at radius 3 is 1.38 bits per heavy atom. The highest BCUT2D eigenvalue weighted by molar-refractivity contribution is 5.87. The summed E-state index contributed by atoms with van der Waals surface area (Å²) in [7, 11) is 0. The van der Waals surface area contributed by atoms with Crippen molar-refractivity contribution in [2.24, 2.45) is 0 Å². The number of hydrogen-bond donors (Lipinski definition) is 0. The highest BCUT2D eigenvalue weighted by atomic mass is 16.5. The SMILES string of the molecule is CCOC(=O)C1C(C(=O)OCC)N(Cc2ccc(C)cc2)CCN1Cc1ccc(C)cc1. The summed E-state index contributed by atoms with van der Waals surface area (Å²) in [6, 6.07) is 15.0. The molecular weight excluding hydrogens is 404 g/mol. The summed E-state index contributed by atoms with van der Waals surface area (Å²) in [6.07, 6.45) is 0. The molecule has 3 rings (SSSR count). The molecule has 1 aliphatic rings. The predicted molar refractivity (Wildman–Crippen MR) is 124 cm³/mol. The Balaban J connectivity index is 1.91. The topological polar surface area (TPSA) is 59.1 Å². The monoisotopic (exact) mass is 438 g/mol. The van der Waals surface area contributed by atoms with Crippen molar-refractivity contribution in [3.05, 3.63) is 70.8 Å². The molecule has 1 saturated heterocycles. The molecule has 0 saturated carbocycles. The maximum Gasteiger partial charge on any atom is 0.325 e. The third-order valence-electron chi connectivity index (χ3n) is 5.83. The molecule has 0 bridgehead atoms. The molecule has 2 atom stereocenters. The first-order chi connectivity index (χ1) is 15.4. The summed E-state index contributed by atoms with van der Waals surface area (Å²) < 4.78 is 10.9. The Hall–Kier alpha value is -2.70. The quantitative estimate of drug-likeness (QED) is 0.588. The smallest absolute Gasteiger partial charge is 0.325 e. The van der Waals surface area contributed by atoms with Gasteiger partial charge in [-0.05, 0) is 38.8 Å². The second-order valence-electron chi connectivity index (χ2n) is 8.31. The molecule has 6 nitrogen and oxygen atoms in total. The lowest BCUT2D eigenvalue weighted by molar-refractivity contribution is -0.169. The van der Waals surface area contributed by atoms with Crippen LogP contribution in [0, 0.1) is 13.8 Å². The number of piperazine rings is 1. The van der Waals surface area contributed by atoms with Gasteiger partial charge in [0.15, 0.2) is 0 Å². The van der Waals surface area contributed by atoms with Crippen LogP contribution < -0.4 is 0 Å². The molecule has 172 valence electrons. The van der Waals surface area contributed by atoms with Crippen LogP contribution in [0.25, 0.3) is 0 Å². The van der Waals surface area contributed by atoms with Gasteiger partial charge < -0.3 is 9.47 Å². The number of carbonyl (C=O) groups is 2. The number of rotatable bonds is 8. The second-order valence-corrected chi connectivity index (χ2v) is 8.31. The van der Waals surface area contributed by atoms with E-state index in [9.17, 15) is 9.59 Å². The van der Waals surface area contributed by atoms with Crippen LogP contribution in [-0.2, 0) is 32.2 Å². The summed E-state index contributed by atoms with van der Waals surface area (Å²) in [5, 5.41) is 0. The number of aryl methyl sites for hydroxylation is 2. The largest absolute Gasteiger partial charge is 0.465 e. The van der Waals surface area contributed by atoms with Gasteiger partial charge in [0.2, 0.25) is 0 Å². The fraction of sp³-hybridized carbons (Fsp3) is 0.462. The van der Waals surface area contributed by atoms with E-state index in [0.717, 1.165) is 11.1 Å². The van der Waals surface area contributed by atoms with Gasteiger partial charge in [0, 0.05) is 26.2 Å². The molecule has 2 aromatic rings. The fourth-order valence-electron chi connectivity index (χ4n) is 4.16. The Morgan fingerprint density at radius 1 is 0.719 bits per heavy atom.